The summed E-state index contributed by atoms with van der Waals surface area (Å²) in [6.07, 6.45) is 0.724. The van der Waals surface area contributed by atoms with Gasteiger partial charge in [0.25, 0.3) is 0 Å². The molecule has 0 atom stereocenters. The minimum atomic E-state index is -1.56. The summed E-state index contributed by atoms with van der Waals surface area (Å²) in [7, 11) is 1.47. The number of hydrogen-bond donors (Lipinski definition) is 0. The lowest BCUT2D eigenvalue weighted by Gasteiger charge is -2.20. The number of hydrogen-bond acceptors (Lipinski definition) is 4. The Morgan fingerprint density at radius 2 is 1.27 bits per heavy atom. The Labute approximate surface area is 154 Å². The quantitative estimate of drug-likeness (QED) is 0.478. The van der Waals surface area contributed by atoms with Gasteiger partial charge in [-0.3, -0.25) is 4.79 Å². The van der Waals surface area contributed by atoms with Crippen molar-refractivity contribution in [2.45, 2.75) is 0 Å². The molecule has 4 nitrogen and oxygen atoms in total. The van der Waals surface area contributed by atoms with E-state index >= 15 is 0 Å². The summed E-state index contributed by atoms with van der Waals surface area (Å²) in [6, 6.07) is 23.6. The van der Waals surface area contributed by atoms with E-state index in [1.54, 1.807) is 12.1 Å². The molecule has 0 saturated carbocycles. The number of carbonyl (C=O) groups is 1. The van der Waals surface area contributed by atoms with E-state index in [2.05, 4.69) is 24.3 Å². The Kier molecular flexibility index (Phi) is 5.71. The molecule has 3 rings (SSSR count). The van der Waals surface area contributed by atoms with E-state index in [0.29, 0.717) is 22.8 Å². The van der Waals surface area contributed by atoms with Crippen LogP contribution >= 0.6 is 0 Å². The van der Waals surface area contributed by atoms with Crippen LogP contribution in [0.15, 0.2) is 72.8 Å². The van der Waals surface area contributed by atoms with Crippen molar-refractivity contribution in [2.75, 3.05) is 14.2 Å². The first kappa shape index (κ1) is 17.8. The lowest BCUT2D eigenvalue weighted by Crippen LogP contribution is -2.47. The van der Waals surface area contributed by atoms with Gasteiger partial charge in [-0.2, -0.15) is 0 Å². The second-order valence-electron chi connectivity index (χ2n) is 5.49. The van der Waals surface area contributed by atoms with Crippen molar-refractivity contribution in [2.24, 2.45) is 0 Å². The molecule has 0 heterocycles. The number of ether oxygens (including phenoxy) is 2. The van der Waals surface area contributed by atoms with E-state index in [9.17, 15) is 4.79 Å². The van der Waals surface area contributed by atoms with E-state index in [0.717, 1.165) is 16.7 Å². The van der Waals surface area contributed by atoms with Crippen molar-refractivity contribution < 1.29 is 18.7 Å². The van der Waals surface area contributed by atoms with Gasteiger partial charge in [-0.25, -0.2) is 0 Å². The van der Waals surface area contributed by atoms with E-state index in [4.69, 9.17) is 13.9 Å². The number of benzene rings is 3. The summed E-state index contributed by atoms with van der Waals surface area (Å²) in [6.45, 7) is 0. The topological polar surface area (TPSA) is 44.8 Å². The average molecular weight is 363 g/mol. The maximum absolute atomic E-state index is 11.5. The first-order valence-corrected chi connectivity index (χ1v) is 9.55. The Morgan fingerprint density at radius 3 is 1.73 bits per heavy atom. The molecule has 0 spiro atoms. The molecule has 0 aromatic heterocycles. The molecule has 0 bridgehead atoms. The van der Waals surface area contributed by atoms with Crippen LogP contribution in [0.5, 0.6) is 17.2 Å². The van der Waals surface area contributed by atoms with Crippen LogP contribution in [0.2, 0.25) is 0 Å². The fourth-order valence-electron chi connectivity index (χ4n) is 2.72. The molecule has 1 radical (unpaired) electrons. The lowest BCUT2D eigenvalue weighted by atomic mass is 10.2. The zero-order valence-corrected chi connectivity index (χ0v) is 15.6. The highest BCUT2D eigenvalue weighted by atomic mass is 28.3. The van der Waals surface area contributed by atoms with Crippen molar-refractivity contribution in [3.05, 3.63) is 78.4 Å². The molecule has 0 unspecified atom stereocenters. The smallest absolute Gasteiger partial charge is 0.352 e. The van der Waals surface area contributed by atoms with Crippen molar-refractivity contribution in [3.63, 3.8) is 0 Å². The van der Waals surface area contributed by atoms with Crippen LogP contribution < -0.4 is 24.3 Å². The van der Waals surface area contributed by atoms with Crippen molar-refractivity contribution in [1.29, 1.82) is 0 Å². The molecule has 0 saturated heterocycles. The summed E-state index contributed by atoms with van der Waals surface area (Å²) in [5, 5.41) is 2.21. The average Bonchev–Trinajstić information content (AvgIpc) is 2.72. The van der Waals surface area contributed by atoms with Gasteiger partial charge in [-0.05, 0) is 22.5 Å². The third-order valence-corrected chi connectivity index (χ3v) is 6.09. The molecule has 0 amide bonds. The lowest BCUT2D eigenvalue weighted by molar-refractivity contribution is 0.111. The monoisotopic (exact) mass is 363 g/mol. The second-order valence-corrected chi connectivity index (χ2v) is 7.51. The van der Waals surface area contributed by atoms with Gasteiger partial charge in [0.1, 0.15) is 17.1 Å². The van der Waals surface area contributed by atoms with Crippen molar-refractivity contribution >= 4 is 25.7 Å². The zero-order chi connectivity index (χ0) is 18.4. The SMILES string of the molecule is COc1ccc(O[Si](c2ccccc2)c2ccccc2)c(OC)c1C=O. The second kappa shape index (κ2) is 8.36. The van der Waals surface area contributed by atoms with Gasteiger partial charge in [0.2, 0.25) is 0 Å². The van der Waals surface area contributed by atoms with Crippen LogP contribution in [-0.2, 0) is 0 Å². The molecule has 0 aliphatic heterocycles. The van der Waals surface area contributed by atoms with Crippen LogP contribution in [0.25, 0.3) is 0 Å². The number of aldehydes is 1. The van der Waals surface area contributed by atoms with E-state index in [1.165, 1.54) is 14.2 Å². The molecule has 3 aromatic rings. The first-order chi connectivity index (χ1) is 12.8. The molecule has 3 aromatic carbocycles. The van der Waals surface area contributed by atoms with Crippen LogP contribution in [0.1, 0.15) is 10.4 Å². The Bertz CT molecular complexity index is 826. The summed E-state index contributed by atoms with van der Waals surface area (Å²) in [4.78, 5) is 11.5. The summed E-state index contributed by atoms with van der Waals surface area (Å²) < 4.78 is 17.1. The van der Waals surface area contributed by atoms with Crippen LogP contribution in [0.4, 0.5) is 0 Å². The minimum Gasteiger partial charge on any atom is -0.530 e. The minimum absolute atomic E-state index is 0.343. The molecule has 0 aliphatic rings. The number of methoxy groups -OCH3 is 2. The molecular weight excluding hydrogens is 344 g/mol. The van der Waals surface area contributed by atoms with Gasteiger partial charge < -0.3 is 13.9 Å². The third kappa shape index (κ3) is 3.63. The number of rotatable bonds is 7. The maximum atomic E-state index is 11.5. The van der Waals surface area contributed by atoms with Crippen molar-refractivity contribution in [1.82, 2.24) is 0 Å². The van der Waals surface area contributed by atoms with Crippen LogP contribution in [-0.4, -0.2) is 29.5 Å². The molecule has 131 valence electrons. The zero-order valence-electron chi connectivity index (χ0n) is 14.6. The predicted octanol–water partition coefficient (Wildman–Crippen LogP) is 2.70. The van der Waals surface area contributed by atoms with Gasteiger partial charge in [-0.15, -0.1) is 0 Å². The van der Waals surface area contributed by atoms with Gasteiger partial charge in [0.05, 0.1) is 14.2 Å². The van der Waals surface area contributed by atoms with Gasteiger partial charge >= 0.3 is 9.04 Å². The van der Waals surface area contributed by atoms with E-state index in [-0.39, 0.29) is 0 Å². The first-order valence-electron chi connectivity index (χ1n) is 8.14. The molecule has 0 N–H and O–H groups in total. The molecular formula is C21H19O4Si. The van der Waals surface area contributed by atoms with Gasteiger partial charge in [0.15, 0.2) is 12.0 Å². The maximum Gasteiger partial charge on any atom is 0.352 e. The predicted molar refractivity (Wildman–Crippen MR) is 103 cm³/mol. The van der Waals surface area contributed by atoms with Crippen LogP contribution in [0.3, 0.4) is 0 Å². The standard InChI is InChI=1S/C21H19O4Si/c1-23-19-13-14-20(21(24-2)18(19)15-22)25-26(16-9-5-3-6-10-16)17-11-7-4-8-12-17/h3-15H,1-2H3. The molecule has 5 heteroatoms. The highest BCUT2D eigenvalue weighted by Gasteiger charge is 2.24. The summed E-state index contributed by atoms with van der Waals surface area (Å²) in [5.74, 6) is 1.36. The Hall–Kier alpha value is -3.05. The summed E-state index contributed by atoms with van der Waals surface area (Å²) in [5.41, 5.74) is 0.343. The fraction of sp³-hybridized carbons (Fsp3) is 0.0952. The largest absolute Gasteiger partial charge is 0.530 e. The van der Waals surface area contributed by atoms with Gasteiger partial charge in [-0.1, -0.05) is 60.7 Å². The fourth-order valence-corrected chi connectivity index (χ4v) is 4.66. The van der Waals surface area contributed by atoms with Crippen molar-refractivity contribution in [3.8, 4) is 17.2 Å². The number of carbonyl (C=O) groups excluding carboxylic acids is 1. The normalized spacial score (nSPS) is 10.4. The van der Waals surface area contributed by atoms with E-state index < -0.39 is 9.04 Å². The third-order valence-electron chi connectivity index (χ3n) is 3.95. The van der Waals surface area contributed by atoms with Gasteiger partial charge in [0, 0.05) is 0 Å². The highest BCUT2D eigenvalue weighted by molar-refractivity contribution is 6.80. The van der Waals surface area contributed by atoms with E-state index in [1.807, 2.05) is 36.4 Å². The highest BCUT2D eigenvalue weighted by Crippen LogP contribution is 2.36. The Morgan fingerprint density at radius 1 is 0.731 bits per heavy atom. The molecule has 0 fully saturated rings. The molecule has 26 heavy (non-hydrogen) atoms. The summed E-state index contributed by atoms with van der Waals surface area (Å²) >= 11 is 0. The van der Waals surface area contributed by atoms with Crippen LogP contribution in [0, 0.1) is 0 Å². The molecule has 0 aliphatic carbocycles. The Balaban J connectivity index is 2.07.